The van der Waals surface area contributed by atoms with Gasteiger partial charge in [0.25, 0.3) is 0 Å². The van der Waals surface area contributed by atoms with E-state index in [-0.39, 0.29) is 0 Å². The van der Waals surface area contributed by atoms with E-state index in [1.165, 1.54) is 6.42 Å². The van der Waals surface area contributed by atoms with Gasteiger partial charge in [-0.05, 0) is 54.4 Å². The van der Waals surface area contributed by atoms with Crippen LogP contribution in [0.5, 0.6) is 0 Å². The highest BCUT2D eigenvalue weighted by atomic mass is 79.9. The van der Waals surface area contributed by atoms with Crippen molar-refractivity contribution in [3.63, 3.8) is 0 Å². The van der Waals surface area contributed by atoms with Crippen LogP contribution in [0.4, 0.5) is 5.69 Å². The molecule has 1 heterocycles. The molecule has 0 aliphatic carbocycles. The van der Waals surface area contributed by atoms with Crippen molar-refractivity contribution in [2.24, 2.45) is 0 Å². The predicted octanol–water partition coefficient (Wildman–Crippen LogP) is 2.87. The Hall–Kier alpha value is -1.05. The van der Waals surface area contributed by atoms with Gasteiger partial charge in [0.1, 0.15) is 6.07 Å². The second kappa shape index (κ2) is 5.52. The number of hydrogen-bond acceptors (Lipinski definition) is 3. The summed E-state index contributed by atoms with van der Waals surface area (Å²) in [5, 5.41) is 16.1. The second-order valence-electron chi connectivity index (χ2n) is 4.41. The molecule has 1 fully saturated rings. The van der Waals surface area contributed by atoms with Crippen LogP contribution in [0.2, 0.25) is 0 Å². The van der Waals surface area contributed by atoms with Crippen LogP contribution in [0.15, 0.2) is 22.7 Å². The SMILES string of the molecule is CC1NCCCC1Nc1cccc(Br)c1C#N. The number of hydrogen-bond donors (Lipinski definition) is 2. The van der Waals surface area contributed by atoms with E-state index >= 15 is 0 Å². The Kier molecular flexibility index (Phi) is 4.03. The van der Waals surface area contributed by atoms with Gasteiger partial charge in [0.2, 0.25) is 0 Å². The fourth-order valence-electron chi connectivity index (χ4n) is 2.20. The molecule has 2 unspecified atom stereocenters. The lowest BCUT2D eigenvalue weighted by Crippen LogP contribution is -2.46. The van der Waals surface area contributed by atoms with Gasteiger partial charge in [-0.15, -0.1) is 0 Å². The minimum absolute atomic E-state index is 0.394. The molecule has 1 aliphatic heterocycles. The molecule has 0 saturated carbocycles. The van der Waals surface area contributed by atoms with Crippen LogP contribution in [0.3, 0.4) is 0 Å². The molecule has 4 heteroatoms. The summed E-state index contributed by atoms with van der Waals surface area (Å²) in [6.45, 7) is 3.27. The van der Waals surface area contributed by atoms with E-state index in [1.807, 2.05) is 18.2 Å². The smallest absolute Gasteiger partial charge is 0.103 e. The number of nitriles is 1. The minimum Gasteiger partial charge on any atom is -0.380 e. The molecule has 1 aromatic rings. The predicted molar refractivity (Wildman–Crippen MR) is 73.0 cm³/mol. The molecular formula is C13H16BrN3. The van der Waals surface area contributed by atoms with E-state index in [0.29, 0.717) is 17.6 Å². The van der Waals surface area contributed by atoms with Crippen LogP contribution in [0.25, 0.3) is 0 Å². The van der Waals surface area contributed by atoms with Crippen LogP contribution in [0.1, 0.15) is 25.3 Å². The molecule has 0 spiro atoms. The first kappa shape index (κ1) is 12.4. The molecule has 0 radical (unpaired) electrons. The molecule has 2 rings (SSSR count). The van der Waals surface area contributed by atoms with Crippen LogP contribution in [0, 0.1) is 11.3 Å². The van der Waals surface area contributed by atoms with E-state index in [4.69, 9.17) is 5.26 Å². The van der Waals surface area contributed by atoms with Gasteiger partial charge in [0.15, 0.2) is 0 Å². The zero-order chi connectivity index (χ0) is 12.3. The largest absolute Gasteiger partial charge is 0.380 e. The molecule has 2 N–H and O–H groups in total. The van der Waals surface area contributed by atoms with E-state index in [9.17, 15) is 0 Å². The maximum absolute atomic E-state index is 9.16. The van der Waals surface area contributed by atoms with Gasteiger partial charge in [-0.3, -0.25) is 0 Å². The summed E-state index contributed by atoms with van der Waals surface area (Å²) in [7, 11) is 0. The highest BCUT2D eigenvalue weighted by Crippen LogP contribution is 2.25. The fourth-order valence-corrected chi connectivity index (χ4v) is 2.65. The molecule has 0 amide bonds. The quantitative estimate of drug-likeness (QED) is 0.881. The van der Waals surface area contributed by atoms with Gasteiger partial charge in [-0.1, -0.05) is 6.07 Å². The summed E-state index contributed by atoms with van der Waals surface area (Å²) in [6, 6.07) is 8.88. The van der Waals surface area contributed by atoms with Crippen molar-refractivity contribution < 1.29 is 0 Å². The summed E-state index contributed by atoms with van der Waals surface area (Å²) in [5.74, 6) is 0. The van der Waals surface area contributed by atoms with Crippen molar-refractivity contribution >= 4 is 21.6 Å². The third-order valence-corrected chi connectivity index (χ3v) is 3.89. The summed E-state index contributed by atoms with van der Waals surface area (Å²) in [5.41, 5.74) is 1.60. The van der Waals surface area contributed by atoms with E-state index < -0.39 is 0 Å². The van der Waals surface area contributed by atoms with Gasteiger partial charge in [0, 0.05) is 16.6 Å². The van der Waals surface area contributed by atoms with Crippen molar-refractivity contribution in [1.29, 1.82) is 5.26 Å². The number of nitrogens with one attached hydrogen (secondary N) is 2. The molecular weight excluding hydrogens is 278 g/mol. The maximum atomic E-state index is 9.16. The third-order valence-electron chi connectivity index (χ3n) is 3.23. The monoisotopic (exact) mass is 293 g/mol. The van der Waals surface area contributed by atoms with Crippen molar-refractivity contribution in [3.05, 3.63) is 28.2 Å². The Morgan fingerprint density at radius 2 is 2.35 bits per heavy atom. The van der Waals surface area contributed by atoms with Crippen molar-refractivity contribution in [2.45, 2.75) is 31.8 Å². The Labute approximate surface area is 110 Å². The van der Waals surface area contributed by atoms with Gasteiger partial charge in [0.05, 0.1) is 11.3 Å². The van der Waals surface area contributed by atoms with Gasteiger partial charge in [-0.25, -0.2) is 0 Å². The molecule has 3 nitrogen and oxygen atoms in total. The molecule has 17 heavy (non-hydrogen) atoms. The minimum atomic E-state index is 0.394. The average Bonchev–Trinajstić information content (AvgIpc) is 2.32. The Balaban J connectivity index is 2.18. The van der Waals surface area contributed by atoms with Gasteiger partial charge < -0.3 is 10.6 Å². The highest BCUT2D eigenvalue weighted by molar-refractivity contribution is 9.10. The molecule has 2 atom stereocenters. The fraction of sp³-hybridized carbons (Fsp3) is 0.462. The summed E-state index contributed by atoms with van der Waals surface area (Å²) in [6.07, 6.45) is 2.32. The third kappa shape index (κ3) is 2.80. The first-order valence-electron chi connectivity index (χ1n) is 5.91. The molecule has 1 aromatic carbocycles. The lowest BCUT2D eigenvalue weighted by atomic mass is 9.99. The molecule has 0 aromatic heterocycles. The van der Waals surface area contributed by atoms with Crippen molar-refractivity contribution in [1.82, 2.24) is 5.32 Å². The zero-order valence-electron chi connectivity index (χ0n) is 9.83. The Morgan fingerprint density at radius 3 is 3.06 bits per heavy atom. The molecule has 1 saturated heterocycles. The highest BCUT2D eigenvalue weighted by Gasteiger charge is 2.21. The maximum Gasteiger partial charge on any atom is 0.103 e. The summed E-state index contributed by atoms with van der Waals surface area (Å²) < 4.78 is 0.849. The lowest BCUT2D eigenvalue weighted by molar-refractivity contribution is 0.389. The van der Waals surface area contributed by atoms with E-state index in [1.54, 1.807) is 0 Å². The van der Waals surface area contributed by atoms with Gasteiger partial charge >= 0.3 is 0 Å². The second-order valence-corrected chi connectivity index (χ2v) is 5.26. The average molecular weight is 294 g/mol. The van der Waals surface area contributed by atoms with E-state index in [0.717, 1.165) is 23.1 Å². The number of nitrogens with zero attached hydrogens (tertiary/aromatic N) is 1. The normalized spacial score (nSPS) is 24.1. The summed E-state index contributed by atoms with van der Waals surface area (Å²) >= 11 is 3.41. The number of benzene rings is 1. The Bertz CT molecular complexity index is 439. The van der Waals surface area contributed by atoms with Crippen LogP contribution in [-0.4, -0.2) is 18.6 Å². The molecule has 0 bridgehead atoms. The van der Waals surface area contributed by atoms with Crippen LogP contribution < -0.4 is 10.6 Å². The zero-order valence-corrected chi connectivity index (χ0v) is 11.4. The molecule has 90 valence electrons. The topological polar surface area (TPSA) is 47.8 Å². The van der Waals surface area contributed by atoms with E-state index in [2.05, 4.69) is 39.6 Å². The lowest BCUT2D eigenvalue weighted by Gasteiger charge is -2.31. The standard InChI is InChI=1S/C13H16BrN3/c1-9-12(6-3-7-16-9)17-13-5-2-4-11(14)10(13)8-15/h2,4-5,9,12,16-17H,3,6-7H2,1H3. The van der Waals surface area contributed by atoms with Crippen molar-refractivity contribution in [2.75, 3.05) is 11.9 Å². The number of piperidine rings is 1. The van der Waals surface area contributed by atoms with Crippen LogP contribution >= 0.6 is 15.9 Å². The Morgan fingerprint density at radius 1 is 1.53 bits per heavy atom. The first-order valence-corrected chi connectivity index (χ1v) is 6.70. The number of halogens is 1. The van der Waals surface area contributed by atoms with Gasteiger partial charge in [-0.2, -0.15) is 5.26 Å². The first-order chi connectivity index (χ1) is 8.22. The number of rotatable bonds is 2. The van der Waals surface area contributed by atoms with Crippen LogP contribution in [-0.2, 0) is 0 Å². The number of anilines is 1. The summed E-state index contributed by atoms with van der Waals surface area (Å²) in [4.78, 5) is 0. The van der Waals surface area contributed by atoms with Crippen molar-refractivity contribution in [3.8, 4) is 6.07 Å². The molecule has 1 aliphatic rings.